The van der Waals surface area contributed by atoms with Gasteiger partial charge in [0.2, 0.25) is 10.0 Å². The summed E-state index contributed by atoms with van der Waals surface area (Å²) in [6, 6.07) is 1.45. The maximum Gasteiger partial charge on any atom is 0.416 e. The molecule has 0 aromatic heterocycles. The summed E-state index contributed by atoms with van der Waals surface area (Å²) in [5.41, 5.74) is -0.825. The molecule has 2 bridgehead atoms. The van der Waals surface area contributed by atoms with Crippen LogP contribution in [0, 0.1) is 12.8 Å². The summed E-state index contributed by atoms with van der Waals surface area (Å²) in [6.45, 7) is 1.43. The third-order valence-electron chi connectivity index (χ3n) is 4.86. The van der Waals surface area contributed by atoms with Gasteiger partial charge >= 0.3 is 12.1 Å². The van der Waals surface area contributed by atoms with E-state index >= 15 is 0 Å². The first kappa shape index (κ1) is 17.2. The number of nitrogens with zero attached hydrogens (tertiary/aromatic N) is 1. The van der Waals surface area contributed by atoms with E-state index in [1.54, 1.807) is 0 Å². The molecule has 132 valence electrons. The zero-order valence-corrected chi connectivity index (χ0v) is 13.6. The number of benzene rings is 1. The summed E-state index contributed by atoms with van der Waals surface area (Å²) in [5, 5.41) is 9.22. The molecule has 2 fully saturated rings. The van der Waals surface area contributed by atoms with E-state index in [-0.39, 0.29) is 12.0 Å². The van der Waals surface area contributed by atoms with Crippen molar-refractivity contribution in [1.29, 1.82) is 0 Å². The molecule has 24 heavy (non-hydrogen) atoms. The predicted octanol–water partition coefficient (Wildman–Crippen LogP) is 2.64. The third-order valence-corrected chi connectivity index (χ3v) is 6.98. The Bertz CT molecular complexity index is 790. The monoisotopic (exact) mass is 363 g/mol. The van der Waals surface area contributed by atoms with E-state index in [9.17, 15) is 31.5 Å². The lowest BCUT2D eigenvalue weighted by molar-refractivity contribution is -0.142. The number of carboxylic acid groups (broad SMARTS) is 1. The van der Waals surface area contributed by atoms with E-state index in [0.29, 0.717) is 18.9 Å². The van der Waals surface area contributed by atoms with E-state index in [0.717, 1.165) is 16.4 Å². The maximum atomic E-state index is 12.9. The second kappa shape index (κ2) is 5.45. The molecule has 0 saturated carbocycles. The van der Waals surface area contributed by atoms with Crippen LogP contribution in [0.4, 0.5) is 13.2 Å². The van der Waals surface area contributed by atoms with Crippen LogP contribution in [-0.2, 0) is 21.0 Å². The highest BCUT2D eigenvalue weighted by Crippen LogP contribution is 2.45. The van der Waals surface area contributed by atoms with Crippen LogP contribution in [0.2, 0.25) is 0 Å². The number of hydrogen-bond donors (Lipinski definition) is 1. The summed E-state index contributed by atoms with van der Waals surface area (Å²) < 4.78 is 65.7. The van der Waals surface area contributed by atoms with Gasteiger partial charge in [0.1, 0.15) is 0 Å². The summed E-state index contributed by atoms with van der Waals surface area (Å²) in [4.78, 5) is 10.9. The van der Waals surface area contributed by atoms with E-state index in [2.05, 4.69) is 0 Å². The quantitative estimate of drug-likeness (QED) is 0.896. The lowest BCUT2D eigenvalue weighted by Crippen LogP contribution is -2.38. The molecule has 0 amide bonds. The first-order valence-corrected chi connectivity index (χ1v) is 8.91. The van der Waals surface area contributed by atoms with Gasteiger partial charge in [0.25, 0.3) is 0 Å². The number of alkyl halides is 3. The molecule has 0 radical (unpaired) electrons. The maximum absolute atomic E-state index is 12.9. The van der Waals surface area contributed by atoms with Gasteiger partial charge in [-0.25, -0.2) is 8.42 Å². The minimum Gasteiger partial charge on any atom is -0.481 e. The number of aryl methyl sites for hydroxylation is 1. The van der Waals surface area contributed by atoms with Gasteiger partial charge in [-0.15, -0.1) is 0 Å². The van der Waals surface area contributed by atoms with Crippen LogP contribution in [0.15, 0.2) is 23.1 Å². The Hall–Kier alpha value is -1.61. The van der Waals surface area contributed by atoms with Crippen molar-refractivity contribution >= 4 is 16.0 Å². The van der Waals surface area contributed by atoms with Crippen molar-refractivity contribution < 1.29 is 31.5 Å². The van der Waals surface area contributed by atoms with Crippen molar-refractivity contribution in [1.82, 2.24) is 4.31 Å². The Morgan fingerprint density at radius 1 is 1.29 bits per heavy atom. The van der Waals surface area contributed by atoms with E-state index in [1.165, 1.54) is 6.92 Å². The number of rotatable bonds is 3. The van der Waals surface area contributed by atoms with Crippen molar-refractivity contribution in [2.75, 3.05) is 0 Å². The molecule has 0 aliphatic carbocycles. The molecule has 2 saturated heterocycles. The number of hydrogen-bond acceptors (Lipinski definition) is 3. The first-order valence-electron chi connectivity index (χ1n) is 7.47. The largest absolute Gasteiger partial charge is 0.481 e. The van der Waals surface area contributed by atoms with Crippen LogP contribution >= 0.6 is 0 Å². The molecule has 2 aliphatic heterocycles. The summed E-state index contributed by atoms with van der Waals surface area (Å²) in [7, 11) is -4.18. The average Bonchev–Trinajstić information content (AvgIpc) is 3.04. The first-order chi connectivity index (χ1) is 11.0. The molecule has 9 heteroatoms. The Morgan fingerprint density at radius 2 is 1.96 bits per heavy atom. The van der Waals surface area contributed by atoms with Crippen molar-refractivity contribution in [3.8, 4) is 0 Å². The van der Waals surface area contributed by atoms with Crippen LogP contribution < -0.4 is 0 Å². The highest BCUT2D eigenvalue weighted by atomic mass is 32.2. The van der Waals surface area contributed by atoms with Gasteiger partial charge in [0.05, 0.1) is 16.4 Å². The van der Waals surface area contributed by atoms with Crippen LogP contribution in [-0.4, -0.2) is 35.9 Å². The van der Waals surface area contributed by atoms with Gasteiger partial charge in [0, 0.05) is 12.1 Å². The molecule has 2 heterocycles. The fraction of sp³-hybridized carbons (Fsp3) is 0.533. The Kier molecular flexibility index (Phi) is 3.91. The molecule has 3 atom stereocenters. The smallest absolute Gasteiger partial charge is 0.416 e. The Labute approximate surface area is 137 Å². The van der Waals surface area contributed by atoms with Crippen LogP contribution in [0.25, 0.3) is 0 Å². The standard InChI is InChI=1S/C15H16F3NO4S/c1-8-2-3-9(15(16,17)18)6-13(8)24(22,23)19-10-4-5-12(19)11(7-10)14(20)21/h2-3,6,10-12H,4-5,7H2,1H3,(H,20,21). The number of aliphatic carboxylic acids is 1. The second-order valence-corrected chi connectivity index (χ2v) is 8.10. The van der Waals surface area contributed by atoms with Crippen LogP contribution in [0.5, 0.6) is 0 Å². The van der Waals surface area contributed by atoms with Gasteiger partial charge in [-0.05, 0) is 43.9 Å². The van der Waals surface area contributed by atoms with Gasteiger partial charge < -0.3 is 5.11 Å². The minimum absolute atomic E-state index is 0.206. The van der Waals surface area contributed by atoms with Gasteiger partial charge in [-0.1, -0.05) is 6.07 Å². The lowest BCUT2D eigenvalue weighted by atomic mass is 9.89. The molecule has 1 aromatic carbocycles. The summed E-state index contributed by atoms with van der Waals surface area (Å²) in [6.07, 6.45) is -3.49. The van der Waals surface area contributed by atoms with Gasteiger partial charge in [-0.3, -0.25) is 4.79 Å². The summed E-state index contributed by atoms with van der Waals surface area (Å²) in [5.74, 6) is -1.87. The van der Waals surface area contributed by atoms with Crippen molar-refractivity contribution in [2.45, 2.75) is 49.3 Å². The van der Waals surface area contributed by atoms with Crippen molar-refractivity contribution in [3.63, 3.8) is 0 Å². The highest BCUT2D eigenvalue weighted by molar-refractivity contribution is 7.89. The molecule has 2 aliphatic rings. The molecule has 5 nitrogen and oxygen atoms in total. The molecule has 3 rings (SSSR count). The number of fused-ring (bicyclic) bond motifs is 2. The molecular weight excluding hydrogens is 347 g/mol. The summed E-state index contributed by atoms with van der Waals surface area (Å²) >= 11 is 0. The molecule has 3 unspecified atom stereocenters. The van der Waals surface area contributed by atoms with Gasteiger partial charge in [0.15, 0.2) is 0 Å². The minimum atomic E-state index is -4.65. The molecule has 0 spiro atoms. The molecular formula is C15H16F3NO4S. The van der Waals surface area contributed by atoms with Crippen LogP contribution in [0.3, 0.4) is 0 Å². The van der Waals surface area contributed by atoms with Gasteiger partial charge in [-0.2, -0.15) is 17.5 Å². The van der Waals surface area contributed by atoms with Crippen molar-refractivity contribution in [3.05, 3.63) is 29.3 Å². The SMILES string of the molecule is Cc1ccc(C(F)(F)F)cc1S(=O)(=O)N1C2CCC1C(C(=O)O)C2. The normalized spacial score (nSPS) is 27.6. The second-order valence-electron chi connectivity index (χ2n) is 6.29. The number of carboxylic acids is 1. The van der Waals surface area contributed by atoms with E-state index in [1.807, 2.05) is 0 Å². The third kappa shape index (κ3) is 2.59. The van der Waals surface area contributed by atoms with E-state index in [4.69, 9.17) is 0 Å². The molecule has 1 aromatic rings. The fourth-order valence-electron chi connectivity index (χ4n) is 3.75. The van der Waals surface area contributed by atoms with Crippen molar-refractivity contribution in [2.24, 2.45) is 5.92 Å². The predicted molar refractivity (Wildman–Crippen MR) is 77.8 cm³/mol. The number of sulfonamides is 1. The highest BCUT2D eigenvalue weighted by Gasteiger charge is 2.54. The number of halogens is 3. The van der Waals surface area contributed by atoms with Crippen LogP contribution in [0.1, 0.15) is 30.4 Å². The number of carbonyl (C=O) groups is 1. The van der Waals surface area contributed by atoms with E-state index < -0.39 is 50.6 Å². The fourth-order valence-corrected chi connectivity index (χ4v) is 5.92. The zero-order chi connectivity index (χ0) is 17.9. The Balaban J connectivity index is 2.05. The molecule has 1 N–H and O–H groups in total. The lowest BCUT2D eigenvalue weighted by Gasteiger charge is -2.24. The Morgan fingerprint density at radius 3 is 2.50 bits per heavy atom. The zero-order valence-electron chi connectivity index (χ0n) is 12.7. The topological polar surface area (TPSA) is 74.7 Å². The average molecular weight is 363 g/mol.